The molecular weight excluding hydrogens is 190 g/mol. The maximum Gasteiger partial charge on any atom is 0.337 e. The lowest BCUT2D eigenvalue weighted by molar-refractivity contribution is -0.130. The second kappa shape index (κ2) is 5.10. The van der Waals surface area contributed by atoms with Gasteiger partial charge in [-0.05, 0) is 18.6 Å². The minimum absolute atomic E-state index is 0.103. The zero-order chi connectivity index (χ0) is 11.3. The number of hydrogen-bond acceptors (Lipinski definition) is 3. The van der Waals surface area contributed by atoms with E-state index in [1.807, 2.05) is 31.2 Å². The predicted octanol–water partition coefficient (Wildman–Crippen LogP) is 2.55. The van der Waals surface area contributed by atoms with Gasteiger partial charge in [0.25, 0.3) is 0 Å². The molecule has 1 N–H and O–H groups in total. The SMILES string of the molecule is CC(=N)OC(=O)/C=C/c1ccc(C)cc1. The van der Waals surface area contributed by atoms with Gasteiger partial charge in [0.1, 0.15) is 0 Å². The third kappa shape index (κ3) is 4.22. The summed E-state index contributed by atoms with van der Waals surface area (Å²) < 4.78 is 4.55. The van der Waals surface area contributed by atoms with Gasteiger partial charge in [-0.2, -0.15) is 0 Å². The van der Waals surface area contributed by atoms with Gasteiger partial charge in [0.05, 0.1) is 0 Å². The first-order valence-electron chi connectivity index (χ1n) is 4.59. The van der Waals surface area contributed by atoms with Crippen LogP contribution in [0.1, 0.15) is 18.1 Å². The summed E-state index contributed by atoms with van der Waals surface area (Å²) in [5.74, 6) is -0.628. The summed E-state index contributed by atoms with van der Waals surface area (Å²) in [6, 6.07) is 7.76. The molecule has 0 bridgehead atoms. The number of carbonyl (C=O) groups is 1. The van der Waals surface area contributed by atoms with Gasteiger partial charge in [-0.25, -0.2) is 4.79 Å². The fourth-order valence-corrected chi connectivity index (χ4v) is 1.03. The fourth-order valence-electron chi connectivity index (χ4n) is 1.03. The summed E-state index contributed by atoms with van der Waals surface area (Å²) >= 11 is 0. The standard InChI is InChI=1S/C12H13NO2/c1-9-3-5-11(6-4-9)7-8-12(14)15-10(2)13/h3-8,13H,1-2H3/b8-7+,13-10?. The van der Waals surface area contributed by atoms with Crippen LogP contribution in [0.15, 0.2) is 30.3 Å². The molecule has 0 aliphatic heterocycles. The molecule has 0 aliphatic carbocycles. The molecule has 0 spiro atoms. The summed E-state index contributed by atoms with van der Waals surface area (Å²) in [4.78, 5) is 11.0. The highest BCUT2D eigenvalue weighted by Gasteiger charge is 1.97. The number of hydrogen-bond donors (Lipinski definition) is 1. The van der Waals surface area contributed by atoms with E-state index < -0.39 is 5.97 Å². The summed E-state index contributed by atoms with van der Waals surface area (Å²) in [7, 11) is 0. The van der Waals surface area contributed by atoms with Gasteiger partial charge in [0.15, 0.2) is 5.90 Å². The smallest absolute Gasteiger partial charge is 0.337 e. The molecule has 0 heterocycles. The van der Waals surface area contributed by atoms with E-state index in [9.17, 15) is 4.79 Å². The average molecular weight is 203 g/mol. The molecule has 0 fully saturated rings. The Balaban J connectivity index is 2.61. The first-order chi connectivity index (χ1) is 7.08. The molecule has 0 unspecified atom stereocenters. The topological polar surface area (TPSA) is 50.1 Å². The van der Waals surface area contributed by atoms with Crippen molar-refractivity contribution >= 4 is 17.9 Å². The maximum atomic E-state index is 11.0. The average Bonchev–Trinajstić information content (AvgIpc) is 2.16. The Morgan fingerprint density at radius 2 is 1.93 bits per heavy atom. The van der Waals surface area contributed by atoms with E-state index >= 15 is 0 Å². The zero-order valence-corrected chi connectivity index (χ0v) is 8.78. The van der Waals surface area contributed by atoms with E-state index in [0.717, 1.165) is 5.56 Å². The van der Waals surface area contributed by atoms with Crippen LogP contribution < -0.4 is 0 Å². The first kappa shape index (κ1) is 11.2. The number of ether oxygens (including phenoxy) is 1. The molecule has 15 heavy (non-hydrogen) atoms. The van der Waals surface area contributed by atoms with Gasteiger partial charge in [0, 0.05) is 13.0 Å². The van der Waals surface area contributed by atoms with Gasteiger partial charge in [0.2, 0.25) is 0 Å². The molecule has 0 radical (unpaired) electrons. The van der Waals surface area contributed by atoms with Crippen LogP contribution in [0.5, 0.6) is 0 Å². The van der Waals surface area contributed by atoms with Crippen LogP contribution in [-0.4, -0.2) is 11.9 Å². The number of nitrogens with one attached hydrogen (secondary N) is 1. The maximum absolute atomic E-state index is 11.0. The molecule has 1 aromatic rings. The van der Waals surface area contributed by atoms with Crippen LogP contribution >= 0.6 is 0 Å². The number of rotatable bonds is 2. The molecule has 0 amide bonds. The lowest BCUT2D eigenvalue weighted by atomic mass is 10.1. The van der Waals surface area contributed by atoms with Crippen LogP contribution in [0.3, 0.4) is 0 Å². The normalized spacial score (nSPS) is 10.3. The number of benzene rings is 1. The Kier molecular flexibility index (Phi) is 3.80. The second-order valence-electron chi connectivity index (χ2n) is 3.22. The van der Waals surface area contributed by atoms with Crippen molar-refractivity contribution in [2.45, 2.75) is 13.8 Å². The molecule has 78 valence electrons. The lowest BCUT2D eigenvalue weighted by Gasteiger charge is -1.96. The first-order valence-corrected chi connectivity index (χ1v) is 4.59. The van der Waals surface area contributed by atoms with Gasteiger partial charge in [-0.1, -0.05) is 29.8 Å². The summed E-state index contributed by atoms with van der Waals surface area (Å²) in [6.07, 6.45) is 2.97. The third-order valence-electron chi connectivity index (χ3n) is 1.74. The molecule has 1 aromatic carbocycles. The number of esters is 1. The van der Waals surface area contributed by atoms with Crippen molar-refractivity contribution in [1.82, 2.24) is 0 Å². The zero-order valence-electron chi connectivity index (χ0n) is 8.78. The summed E-state index contributed by atoms with van der Waals surface area (Å²) in [5.41, 5.74) is 2.10. The van der Waals surface area contributed by atoms with E-state index in [0.29, 0.717) is 0 Å². The van der Waals surface area contributed by atoms with Crippen LogP contribution in [0, 0.1) is 12.3 Å². The molecule has 0 saturated heterocycles. The highest BCUT2D eigenvalue weighted by Crippen LogP contribution is 2.04. The van der Waals surface area contributed by atoms with Crippen molar-refractivity contribution in [2.75, 3.05) is 0 Å². The summed E-state index contributed by atoms with van der Waals surface area (Å²) in [6.45, 7) is 3.41. The van der Waals surface area contributed by atoms with Crippen molar-refractivity contribution in [3.8, 4) is 0 Å². The van der Waals surface area contributed by atoms with E-state index in [2.05, 4.69) is 4.74 Å². The highest BCUT2D eigenvalue weighted by atomic mass is 16.5. The predicted molar refractivity (Wildman–Crippen MR) is 59.7 cm³/mol. The van der Waals surface area contributed by atoms with Gasteiger partial charge in [-0.3, -0.25) is 5.41 Å². The van der Waals surface area contributed by atoms with E-state index in [4.69, 9.17) is 5.41 Å². The monoisotopic (exact) mass is 203 g/mol. The highest BCUT2D eigenvalue weighted by molar-refractivity contribution is 5.94. The van der Waals surface area contributed by atoms with E-state index in [1.165, 1.54) is 18.6 Å². The Labute approximate surface area is 88.9 Å². The van der Waals surface area contributed by atoms with Crippen molar-refractivity contribution in [1.29, 1.82) is 5.41 Å². The molecule has 0 aliphatic rings. The van der Waals surface area contributed by atoms with Gasteiger partial charge < -0.3 is 4.74 Å². The van der Waals surface area contributed by atoms with E-state index in [1.54, 1.807) is 6.08 Å². The molecule has 3 nitrogen and oxygen atoms in total. The molecule has 3 heteroatoms. The molecule has 1 rings (SSSR count). The fraction of sp³-hybridized carbons (Fsp3) is 0.167. The minimum atomic E-state index is -0.525. The molecular formula is C12H13NO2. The minimum Gasteiger partial charge on any atom is -0.409 e. The Morgan fingerprint density at radius 3 is 2.47 bits per heavy atom. The lowest BCUT2D eigenvalue weighted by Crippen LogP contribution is -2.04. The van der Waals surface area contributed by atoms with Crippen LogP contribution in [0.2, 0.25) is 0 Å². The molecule has 0 aromatic heterocycles. The van der Waals surface area contributed by atoms with E-state index in [-0.39, 0.29) is 5.90 Å². The van der Waals surface area contributed by atoms with Gasteiger partial charge >= 0.3 is 5.97 Å². The second-order valence-corrected chi connectivity index (χ2v) is 3.22. The Morgan fingerprint density at radius 1 is 1.33 bits per heavy atom. The Hall–Kier alpha value is -1.90. The quantitative estimate of drug-likeness (QED) is 0.347. The van der Waals surface area contributed by atoms with Crippen LogP contribution in [0.4, 0.5) is 0 Å². The van der Waals surface area contributed by atoms with Crippen LogP contribution in [-0.2, 0) is 9.53 Å². The van der Waals surface area contributed by atoms with Gasteiger partial charge in [-0.15, -0.1) is 0 Å². The van der Waals surface area contributed by atoms with Crippen molar-refractivity contribution in [3.05, 3.63) is 41.5 Å². The molecule has 0 saturated carbocycles. The summed E-state index contributed by atoms with van der Waals surface area (Å²) in [5, 5.41) is 6.96. The third-order valence-corrected chi connectivity index (χ3v) is 1.74. The van der Waals surface area contributed by atoms with Crippen molar-refractivity contribution in [2.24, 2.45) is 0 Å². The van der Waals surface area contributed by atoms with Crippen molar-refractivity contribution in [3.63, 3.8) is 0 Å². The number of carbonyl (C=O) groups excluding carboxylic acids is 1. The Bertz CT molecular complexity index is 391. The number of aryl methyl sites for hydroxylation is 1. The van der Waals surface area contributed by atoms with Crippen molar-refractivity contribution < 1.29 is 9.53 Å². The largest absolute Gasteiger partial charge is 0.409 e. The van der Waals surface area contributed by atoms with Crippen LogP contribution in [0.25, 0.3) is 6.08 Å². The molecule has 0 atom stereocenters.